The van der Waals surface area contributed by atoms with Gasteiger partial charge in [0, 0.05) is 0 Å². The molecule has 0 spiro atoms. The molecule has 0 rings (SSSR count). The fraction of sp³-hybridized carbons (Fsp3) is 0.840. The molecule has 0 heterocycles. The molecule has 0 saturated heterocycles. The van der Waals surface area contributed by atoms with Gasteiger partial charge in [-0.05, 0) is 25.0 Å². The summed E-state index contributed by atoms with van der Waals surface area (Å²) in [7, 11) is -3.39. The van der Waals surface area contributed by atoms with Crippen LogP contribution in [0.15, 0.2) is 0 Å². The maximum absolute atomic E-state index is 11.8. The molecule has 0 aliphatic carbocycles. The Labute approximate surface area is 305 Å². The number of carbonyl (C=O) groups excluding carboxylic acids is 4. The van der Waals surface area contributed by atoms with Gasteiger partial charge in [0.25, 0.3) is 15.6 Å². The Morgan fingerprint density at radius 2 is 0.959 bits per heavy atom. The van der Waals surface area contributed by atoms with Gasteiger partial charge in [-0.3, -0.25) is 28.3 Å². The summed E-state index contributed by atoms with van der Waals surface area (Å²) < 4.78 is 62.4. The lowest BCUT2D eigenvalue weighted by molar-refractivity contribution is -0.870. The van der Waals surface area contributed by atoms with Crippen molar-refractivity contribution in [1.29, 1.82) is 0 Å². The third kappa shape index (κ3) is 33.0. The zero-order valence-corrected chi connectivity index (χ0v) is 33.9. The number of quaternary nitrogens is 2. The normalized spacial score (nSPS) is 15.0. The number of esters is 4. The summed E-state index contributed by atoms with van der Waals surface area (Å²) in [5.41, 5.74) is 3.44. The van der Waals surface area contributed by atoms with Gasteiger partial charge in [-0.15, -0.1) is 0 Å². The Morgan fingerprint density at radius 1 is 0.612 bits per heavy atom. The zero-order valence-electron chi connectivity index (χ0n) is 28.9. The lowest BCUT2D eigenvalue weighted by atomic mass is 10.4. The van der Waals surface area contributed by atoms with E-state index in [1.165, 1.54) is 47.0 Å². The first-order valence-corrected chi connectivity index (χ1v) is 22.8. The van der Waals surface area contributed by atoms with Gasteiger partial charge in [0.2, 0.25) is 0 Å². The van der Waals surface area contributed by atoms with E-state index in [1.807, 2.05) is 21.1 Å². The number of thioether (sulfide) groups is 4. The smallest absolute Gasteiger partial charge is 0.316 e. The van der Waals surface area contributed by atoms with E-state index < -0.39 is 64.9 Å². The minimum atomic E-state index is -4.55. The van der Waals surface area contributed by atoms with Crippen molar-refractivity contribution < 1.29 is 85.4 Å². The third-order valence-electron chi connectivity index (χ3n) is 4.75. The van der Waals surface area contributed by atoms with Crippen molar-refractivity contribution in [2.45, 2.75) is 12.2 Å². The molecule has 0 bridgehead atoms. The molecule has 0 aromatic heterocycles. The van der Waals surface area contributed by atoms with E-state index >= 15 is 0 Å². The monoisotopic (exact) mass is 824 g/mol. The Hall–Kier alpha value is -0.580. The van der Waals surface area contributed by atoms with E-state index in [-0.39, 0.29) is 56.0 Å². The average Bonchev–Trinajstić information content (AvgIpc) is 2.99. The third-order valence-corrected chi connectivity index (χ3v) is 8.77. The summed E-state index contributed by atoms with van der Waals surface area (Å²) in [6, 6.07) is 0. The maximum atomic E-state index is 11.8. The van der Waals surface area contributed by atoms with Crippen LogP contribution in [0.4, 0.5) is 0 Å². The molecule has 0 aliphatic rings. The quantitative estimate of drug-likeness (QED) is 0.0465. The molecular weight excluding hydrogens is 774 g/mol. The van der Waals surface area contributed by atoms with Crippen molar-refractivity contribution in [3.63, 3.8) is 0 Å². The predicted octanol–water partition coefficient (Wildman–Crippen LogP) is -0.714. The van der Waals surface area contributed by atoms with Crippen LogP contribution in [0, 0.1) is 0 Å². The number of phosphoric acid groups is 2. The van der Waals surface area contributed by atoms with Gasteiger partial charge in [0.05, 0.1) is 63.9 Å². The van der Waals surface area contributed by atoms with Gasteiger partial charge < -0.3 is 57.0 Å². The second-order valence-corrected chi connectivity index (χ2v) is 16.6. The topological polar surface area (TPSA) is 250 Å². The molecule has 0 aromatic carbocycles. The maximum Gasteiger partial charge on any atom is 0.316 e. The number of nitrogens with zero attached hydrogens (tertiary/aromatic N) is 1. The molecule has 0 aromatic rings. The average molecular weight is 825 g/mol. The number of hydrogen-bond acceptors (Lipinski definition) is 20. The molecule has 4 atom stereocenters. The van der Waals surface area contributed by atoms with Crippen LogP contribution in [-0.2, 0) is 65.4 Å². The summed E-state index contributed by atoms with van der Waals surface area (Å²) in [6.07, 6.45) is 4.83. The first-order valence-electron chi connectivity index (χ1n) is 14.3. The highest BCUT2D eigenvalue weighted by molar-refractivity contribution is 7.99. The van der Waals surface area contributed by atoms with E-state index in [4.69, 9.17) is 28.0 Å². The standard InChI is InChI=1S/C14H28NO8PS2.C11H22NO8PS2/c1-15(2,3)6-7-21-24(18,19)22-9-12(23-14(17)11-26-5)8-20-13(16)10-25-4;1-22-7-10(13)17-5-9(20-11(14)8-23-2)6-19-21(15,16)18-4-3-12/h12H,6-11H2,1-5H3;9H,3-8,12H2,1-2H3,(H,15,16)/t12-;9-/m11/s1. The van der Waals surface area contributed by atoms with Crippen molar-refractivity contribution in [3.8, 4) is 0 Å². The van der Waals surface area contributed by atoms with Crippen LogP contribution >= 0.6 is 62.7 Å². The van der Waals surface area contributed by atoms with Crippen molar-refractivity contribution in [2.24, 2.45) is 0 Å². The molecule has 3 N–H and O–H groups in total. The molecule has 49 heavy (non-hydrogen) atoms. The van der Waals surface area contributed by atoms with E-state index in [0.717, 1.165) is 0 Å². The van der Waals surface area contributed by atoms with Gasteiger partial charge in [-0.1, -0.05) is 0 Å². The van der Waals surface area contributed by atoms with E-state index in [9.17, 15) is 38.1 Å². The SMILES string of the molecule is CSCC(=O)OC[C@H](COP(=O)([O-])OCC[N+](C)(C)C)OC(=O)CSC.CSCC(=O)OC[C@H](COP(=O)([O-])OCC[NH3+])OC(=O)CSC. The predicted molar refractivity (Wildman–Crippen MR) is 185 cm³/mol. The highest BCUT2D eigenvalue weighted by Crippen LogP contribution is 2.39. The largest absolute Gasteiger partial charge is 0.756 e. The van der Waals surface area contributed by atoms with Gasteiger partial charge in [0.1, 0.15) is 33.0 Å². The Morgan fingerprint density at radius 3 is 1.29 bits per heavy atom. The Bertz CT molecular complexity index is 1060. The number of likely N-dealkylation sites (N-methyl/N-ethyl adjacent to an activating group) is 1. The van der Waals surface area contributed by atoms with E-state index in [2.05, 4.69) is 14.8 Å². The van der Waals surface area contributed by atoms with Crippen molar-refractivity contribution >= 4 is 86.6 Å². The molecule has 0 fully saturated rings. The van der Waals surface area contributed by atoms with E-state index in [1.54, 1.807) is 25.0 Å². The second kappa shape index (κ2) is 28.9. The van der Waals surface area contributed by atoms with Crippen LogP contribution < -0.4 is 15.5 Å². The number of hydrogen-bond donors (Lipinski definition) is 1. The summed E-state index contributed by atoms with van der Waals surface area (Å²) in [5.74, 6) is -1.66. The van der Waals surface area contributed by atoms with Crippen LogP contribution in [0.1, 0.15) is 0 Å². The summed E-state index contributed by atoms with van der Waals surface area (Å²) >= 11 is 5.05. The first kappa shape index (κ1) is 50.5. The van der Waals surface area contributed by atoms with Crippen LogP contribution in [0.3, 0.4) is 0 Å². The number of phosphoric ester groups is 2. The lowest BCUT2D eigenvalue weighted by Crippen LogP contribution is -2.52. The minimum absolute atomic E-state index is 0.0378. The summed E-state index contributed by atoms with van der Waals surface area (Å²) in [5, 5.41) is 0. The van der Waals surface area contributed by atoms with E-state index in [0.29, 0.717) is 11.0 Å². The molecule has 0 radical (unpaired) electrons. The van der Waals surface area contributed by atoms with Gasteiger partial charge in [-0.25, -0.2) is 0 Å². The molecule has 24 heteroatoms. The van der Waals surface area contributed by atoms with Crippen LogP contribution in [0.2, 0.25) is 0 Å². The number of rotatable bonds is 27. The second-order valence-electron chi connectivity index (χ2n) is 10.3. The Kier molecular flexibility index (Phi) is 29.8. The van der Waals surface area contributed by atoms with Crippen molar-refractivity contribution in [3.05, 3.63) is 0 Å². The van der Waals surface area contributed by atoms with Gasteiger partial charge in [0.15, 0.2) is 12.2 Å². The van der Waals surface area contributed by atoms with Gasteiger partial charge in [-0.2, -0.15) is 47.0 Å². The van der Waals surface area contributed by atoms with Crippen molar-refractivity contribution in [1.82, 2.24) is 0 Å². The molecule has 2 unspecified atom stereocenters. The molecule has 290 valence electrons. The molecule has 0 amide bonds. The van der Waals surface area contributed by atoms with Crippen LogP contribution in [0.25, 0.3) is 0 Å². The fourth-order valence-corrected chi connectivity index (χ4v) is 5.38. The first-order chi connectivity index (χ1) is 22.8. The summed E-state index contributed by atoms with van der Waals surface area (Å²) in [6.45, 7) is -0.998. The Balaban J connectivity index is 0. The highest BCUT2D eigenvalue weighted by Gasteiger charge is 2.22. The number of ether oxygens (including phenoxy) is 4. The lowest BCUT2D eigenvalue weighted by Gasteiger charge is -2.28. The zero-order chi connectivity index (χ0) is 37.9. The van der Waals surface area contributed by atoms with Crippen LogP contribution in [-0.4, -0.2) is 162 Å². The fourth-order valence-electron chi connectivity index (χ4n) is 2.62. The molecule has 18 nitrogen and oxygen atoms in total. The minimum Gasteiger partial charge on any atom is -0.756 e. The number of carbonyl (C=O) groups is 4. The van der Waals surface area contributed by atoms with Crippen molar-refractivity contribution in [2.75, 3.05) is 122 Å². The summed E-state index contributed by atoms with van der Waals surface area (Å²) in [4.78, 5) is 69.1. The van der Waals surface area contributed by atoms with Gasteiger partial charge >= 0.3 is 23.9 Å². The highest BCUT2D eigenvalue weighted by atomic mass is 32.2. The molecular formula is C25H50N2O16P2S4. The molecule has 0 saturated carbocycles. The van der Waals surface area contributed by atoms with Crippen LogP contribution in [0.5, 0.6) is 0 Å². The molecule has 0 aliphatic heterocycles.